The third-order valence-electron chi connectivity index (χ3n) is 3.08. The molecule has 0 amide bonds. The molecule has 0 fully saturated rings. The van der Waals surface area contributed by atoms with Crippen LogP contribution in [0.5, 0.6) is 0 Å². The molecule has 0 radical (unpaired) electrons. The van der Waals surface area contributed by atoms with E-state index in [0.717, 1.165) is 5.76 Å². The van der Waals surface area contributed by atoms with Gasteiger partial charge in [-0.2, -0.15) is 0 Å². The van der Waals surface area contributed by atoms with Crippen LogP contribution in [0.4, 0.5) is 5.69 Å². The highest BCUT2D eigenvalue weighted by Gasteiger charge is 2.13. The maximum atomic E-state index is 10.5. The molecule has 2 atom stereocenters. The number of nitrogens with one attached hydrogen (secondary N) is 1. The van der Waals surface area contributed by atoms with Crippen molar-refractivity contribution in [1.82, 2.24) is 5.32 Å². The largest absolute Gasteiger partial charge is 0.468 e. The van der Waals surface area contributed by atoms with E-state index in [1.54, 1.807) is 24.5 Å². The van der Waals surface area contributed by atoms with Crippen LogP contribution in [0.2, 0.25) is 0 Å². The summed E-state index contributed by atoms with van der Waals surface area (Å²) in [6.45, 7) is 2.26. The zero-order valence-corrected chi connectivity index (χ0v) is 11.0. The number of aliphatic hydroxyl groups is 1. The number of nitrogens with zero attached hydrogens (tertiary/aromatic N) is 1. The lowest BCUT2D eigenvalue weighted by molar-refractivity contribution is -0.384. The van der Waals surface area contributed by atoms with Gasteiger partial charge in [0.1, 0.15) is 5.76 Å². The monoisotopic (exact) mass is 276 g/mol. The lowest BCUT2D eigenvalue weighted by atomic mass is 10.1. The Morgan fingerprint density at radius 2 is 2.05 bits per heavy atom. The van der Waals surface area contributed by atoms with Gasteiger partial charge in [0.15, 0.2) is 0 Å². The van der Waals surface area contributed by atoms with Gasteiger partial charge in [-0.05, 0) is 36.8 Å². The maximum Gasteiger partial charge on any atom is 0.269 e. The third-order valence-corrected chi connectivity index (χ3v) is 3.08. The molecule has 20 heavy (non-hydrogen) atoms. The number of non-ortho nitro benzene ring substituents is 1. The third kappa shape index (κ3) is 3.43. The molecule has 0 saturated heterocycles. The van der Waals surface area contributed by atoms with Crippen molar-refractivity contribution in [2.45, 2.75) is 19.1 Å². The fourth-order valence-corrected chi connectivity index (χ4v) is 1.86. The van der Waals surface area contributed by atoms with Crippen molar-refractivity contribution in [1.29, 1.82) is 0 Å². The molecular formula is C14H16N2O4. The van der Waals surface area contributed by atoms with Crippen LogP contribution in [0.3, 0.4) is 0 Å². The van der Waals surface area contributed by atoms with E-state index < -0.39 is 11.0 Å². The Balaban J connectivity index is 1.91. The van der Waals surface area contributed by atoms with Crippen LogP contribution in [-0.2, 0) is 0 Å². The lowest BCUT2D eigenvalue weighted by Crippen LogP contribution is -2.24. The van der Waals surface area contributed by atoms with Crippen molar-refractivity contribution in [2.24, 2.45) is 0 Å². The predicted molar refractivity (Wildman–Crippen MR) is 73.2 cm³/mol. The Hall–Kier alpha value is -2.18. The molecule has 0 saturated carbocycles. The second-order valence-electron chi connectivity index (χ2n) is 4.51. The molecule has 1 aromatic heterocycles. The molecule has 6 heteroatoms. The number of hydrogen-bond acceptors (Lipinski definition) is 5. The van der Waals surface area contributed by atoms with Crippen LogP contribution in [0.1, 0.15) is 30.4 Å². The van der Waals surface area contributed by atoms with Gasteiger partial charge in [0.05, 0.1) is 23.3 Å². The average Bonchev–Trinajstić information content (AvgIpc) is 2.98. The summed E-state index contributed by atoms with van der Waals surface area (Å²) in [5, 5.41) is 23.7. The van der Waals surface area contributed by atoms with E-state index >= 15 is 0 Å². The molecule has 6 nitrogen and oxygen atoms in total. The van der Waals surface area contributed by atoms with E-state index in [-0.39, 0.29) is 11.7 Å². The second-order valence-corrected chi connectivity index (χ2v) is 4.51. The van der Waals surface area contributed by atoms with Gasteiger partial charge in [-0.15, -0.1) is 0 Å². The summed E-state index contributed by atoms with van der Waals surface area (Å²) in [7, 11) is 0. The molecule has 2 aromatic rings. The summed E-state index contributed by atoms with van der Waals surface area (Å²) >= 11 is 0. The van der Waals surface area contributed by atoms with Crippen LogP contribution >= 0.6 is 0 Å². The van der Waals surface area contributed by atoms with Gasteiger partial charge < -0.3 is 14.8 Å². The summed E-state index contributed by atoms with van der Waals surface area (Å²) in [5.41, 5.74) is 0.646. The first-order valence-electron chi connectivity index (χ1n) is 6.27. The molecule has 0 aliphatic heterocycles. The Kier molecular flexibility index (Phi) is 4.49. The molecule has 0 aliphatic rings. The molecule has 106 valence electrons. The van der Waals surface area contributed by atoms with E-state index in [9.17, 15) is 15.2 Å². The van der Waals surface area contributed by atoms with Gasteiger partial charge in [0.2, 0.25) is 0 Å². The first-order chi connectivity index (χ1) is 9.58. The minimum atomic E-state index is -0.729. The first kappa shape index (κ1) is 14.2. The molecular weight excluding hydrogens is 260 g/mol. The van der Waals surface area contributed by atoms with Gasteiger partial charge in [-0.25, -0.2) is 0 Å². The van der Waals surface area contributed by atoms with Crippen LogP contribution in [-0.4, -0.2) is 16.6 Å². The SMILES string of the molecule is CC(NCC(O)c1ccc([N+](=O)[O-])cc1)c1ccco1. The van der Waals surface area contributed by atoms with E-state index in [0.29, 0.717) is 12.1 Å². The minimum Gasteiger partial charge on any atom is -0.468 e. The van der Waals surface area contributed by atoms with Crippen molar-refractivity contribution in [2.75, 3.05) is 6.54 Å². The molecule has 0 bridgehead atoms. The molecule has 2 N–H and O–H groups in total. The minimum absolute atomic E-state index is 0.0119. The number of nitro groups is 1. The average molecular weight is 276 g/mol. The molecule has 1 heterocycles. The summed E-state index contributed by atoms with van der Waals surface area (Å²) in [6.07, 6.45) is 0.869. The van der Waals surface area contributed by atoms with Crippen LogP contribution in [0.25, 0.3) is 0 Å². The van der Waals surface area contributed by atoms with E-state index in [4.69, 9.17) is 4.42 Å². The topological polar surface area (TPSA) is 88.5 Å². The van der Waals surface area contributed by atoms with Crippen molar-refractivity contribution >= 4 is 5.69 Å². The number of aliphatic hydroxyl groups excluding tert-OH is 1. The maximum absolute atomic E-state index is 10.5. The molecule has 0 spiro atoms. The zero-order chi connectivity index (χ0) is 14.5. The van der Waals surface area contributed by atoms with E-state index in [2.05, 4.69) is 5.32 Å². The molecule has 0 aliphatic carbocycles. The summed E-state index contributed by atoms with van der Waals surface area (Å²) in [6, 6.07) is 9.53. The Labute approximate surface area is 116 Å². The van der Waals surface area contributed by atoms with E-state index in [1.165, 1.54) is 12.1 Å². The molecule has 1 aromatic carbocycles. The second kappa shape index (κ2) is 6.31. The van der Waals surface area contributed by atoms with Crippen molar-refractivity contribution in [3.8, 4) is 0 Å². The fourth-order valence-electron chi connectivity index (χ4n) is 1.86. The quantitative estimate of drug-likeness (QED) is 0.625. The van der Waals surface area contributed by atoms with Crippen LogP contribution in [0.15, 0.2) is 47.1 Å². The van der Waals surface area contributed by atoms with Gasteiger partial charge in [-0.1, -0.05) is 0 Å². The van der Waals surface area contributed by atoms with Gasteiger partial charge in [-0.3, -0.25) is 10.1 Å². The summed E-state index contributed by atoms with van der Waals surface area (Å²) in [5.74, 6) is 0.792. The summed E-state index contributed by atoms with van der Waals surface area (Å²) in [4.78, 5) is 10.1. The highest BCUT2D eigenvalue weighted by Crippen LogP contribution is 2.18. The van der Waals surface area contributed by atoms with Crippen molar-refractivity contribution < 1.29 is 14.4 Å². The van der Waals surface area contributed by atoms with Gasteiger partial charge in [0.25, 0.3) is 5.69 Å². The highest BCUT2D eigenvalue weighted by atomic mass is 16.6. The van der Waals surface area contributed by atoms with E-state index in [1.807, 2.05) is 13.0 Å². The standard InChI is InChI=1S/C14H16N2O4/c1-10(14-3-2-8-20-14)15-9-13(17)11-4-6-12(7-5-11)16(18)19/h2-8,10,13,15,17H,9H2,1H3. The fraction of sp³-hybridized carbons (Fsp3) is 0.286. The van der Waals surface area contributed by atoms with Crippen molar-refractivity contribution in [3.05, 3.63) is 64.1 Å². The van der Waals surface area contributed by atoms with Crippen LogP contribution < -0.4 is 5.32 Å². The smallest absolute Gasteiger partial charge is 0.269 e. The van der Waals surface area contributed by atoms with Gasteiger partial charge in [0, 0.05) is 18.7 Å². The number of nitro benzene ring substituents is 1. The Morgan fingerprint density at radius 3 is 2.60 bits per heavy atom. The number of benzene rings is 1. The van der Waals surface area contributed by atoms with Gasteiger partial charge >= 0.3 is 0 Å². The predicted octanol–water partition coefficient (Wildman–Crippen LogP) is 2.57. The van der Waals surface area contributed by atoms with Crippen LogP contribution in [0, 0.1) is 10.1 Å². The number of furan rings is 1. The number of rotatable bonds is 6. The zero-order valence-electron chi connectivity index (χ0n) is 11.0. The normalized spacial score (nSPS) is 13.9. The van der Waals surface area contributed by atoms with Crippen molar-refractivity contribution in [3.63, 3.8) is 0 Å². The first-order valence-corrected chi connectivity index (χ1v) is 6.27. The summed E-state index contributed by atoms with van der Waals surface area (Å²) < 4.78 is 5.26. The molecule has 2 rings (SSSR count). The Morgan fingerprint density at radius 1 is 1.35 bits per heavy atom. The number of hydrogen-bond donors (Lipinski definition) is 2. The Bertz CT molecular complexity index is 551. The molecule has 2 unspecified atom stereocenters. The lowest BCUT2D eigenvalue weighted by Gasteiger charge is -2.15. The highest BCUT2D eigenvalue weighted by molar-refractivity contribution is 5.33.